The summed E-state index contributed by atoms with van der Waals surface area (Å²) in [5, 5.41) is 1.91. The fourth-order valence-corrected chi connectivity index (χ4v) is 7.37. The van der Waals surface area contributed by atoms with Crippen LogP contribution in [0.2, 0.25) is 0 Å². The van der Waals surface area contributed by atoms with Gasteiger partial charge in [-0.15, -0.1) is 0 Å². The molecular weight excluding hydrogens is 839 g/mol. The van der Waals surface area contributed by atoms with Crippen molar-refractivity contribution in [3.05, 3.63) is 119 Å². The molecule has 15 nitrogen and oxygen atoms in total. The number of piperazine rings is 2. The van der Waals surface area contributed by atoms with Crippen molar-refractivity contribution in [2.75, 3.05) is 103 Å². The molecule has 0 bridgehead atoms. The number of carbonyl (C=O) groups is 5. The number of nitrogens with zero attached hydrogens (tertiary/aromatic N) is 6. The Bertz CT molecular complexity index is 2200. The fourth-order valence-electron chi connectivity index (χ4n) is 7.37. The van der Waals surface area contributed by atoms with Crippen molar-refractivity contribution in [2.24, 2.45) is 5.73 Å². The lowest BCUT2D eigenvalue weighted by Gasteiger charge is -2.37. The van der Waals surface area contributed by atoms with Crippen LogP contribution in [0.25, 0.3) is 0 Å². The smallest absolute Gasteiger partial charge is 0.324 e. The standard InChI is InChI=1S/C25H30F2N4O4.C23H30N4O3/c1-3-29-11-13-30(14-12-29)25(34)31(20-5-4-6-21(15-20)35-2)17-18-7-9-19(10-8-18)22(32)16-28-24(33)23(26)27;1-3-25-11-13-26(14-12-25)23(29)27(20-5-4-6-21(15-20)30-2)17-18-7-9-19(10-8-18)22(28)16-24/h4-10,15,23H,3,11-14,16-17H2,1-2H3,(H,28,33);4-10,15H,3,11-14,16-17,24H2,1-2H3. The minimum atomic E-state index is -3.17. The number of benzene rings is 4. The van der Waals surface area contributed by atoms with Gasteiger partial charge >= 0.3 is 18.5 Å². The molecule has 0 aromatic heterocycles. The number of nitrogens with two attached hydrogens (primary N) is 1. The van der Waals surface area contributed by atoms with Crippen LogP contribution in [-0.4, -0.2) is 148 Å². The normalized spacial score (nSPS) is 14.2. The third-order valence-electron chi connectivity index (χ3n) is 11.4. The Labute approximate surface area is 379 Å². The van der Waals surface area contributed by atoms with E-state index < -0.39 is 24.7 Å². The van der Waals surface area contributed by atoms with E-state index in [0.29, 0.717) is 55.5 Å². The molecular formula is C48H60F2N8O7. The van der Waals surface area contributed by atoms with Gasteiger partial charge in [-0.25, -0.2) is 9.59 Å². The van der Waals surface area contributed by atoms with Crippen molar-refractivity contribution in [1.82, 2.24) is 24.9 Å². The van der Waals surface area contributed by atoms with Crippen LogP contribution in [-0.2, 0) is 17.9 Å². The van der Waals surface area contributed by atoms with E-state index in [9.17, 15) is 32.8 Å². The van der Waals surface area contributed by atoms with Gasteiger partial charge in [0.1, 0.15) is 11.5 Å². The Hall–Kier alpha value is -6.43. The van der Waals surface area contributed by atoms with E-state index in [1.807, 2.05) is 63.6 Å². The second-order valence-corrected chi connectivity index (χ2v) is 15.4. The SMILES string of the molecule is CCN1CCN(C(=O)N(Cc2ccc(C(=O)CN)cc2)c2cccc(OC)c2)CC1.CCN1CCN(C(=O)N(Cc2ccc(C(=O)CNC(=O)C(F)F)cc2)c2cccc(OC)c2)CC1. The Morgan fingerprint density at radius 1 is 0.615 bits per heavy atom. The molecule has 17 heteroatoms. The van der Waals surface area contributed by atoms with E-state index in [1.165, 1.54) is 0 Å². The summed E-state index contributed by atoms with van der Waals surface area (Å²) in [5.41, 5.74) is 9.48. The number of urea groups is 2. The molecule has 2 heterocycles. The summed E-state index contributed by atoms with van der Waals surface area (Å²) in [6.07, 6.45) is -3.17. The third kappa shape index (κ3) is 14.0. The van der Waals surface area contributed by atoms with Gasteiger partial charge in [0.15, 0.2) is 11.6 Å². The molecule has 4 aromatic rings. The van der Waals surface area contributed by atoms with Crippen LogP contribution in [0, 0.1) is 0 Å². The first-order valence-corrected chi connectivity index (χ1v) is 21.7. The van der Waals surface area contributed by atoms with Crippen molar-refractivity contribution < 1.29 is 42.2 Å². The number of carbonyl (C=O) groups excluding carboxylic acids is 5. The second-order valence-electron chi connectivity index (χ2n) is 15.4. The lowest BCUT2D eigenvalue weighted by molar-refractivity contribution is -0.131. The Morgan fingerprint density at radius 2 is 1.02 bits per heavy atom. The van der Waals surface area contributed by atoms with Crippen molar-refractivity contribution in [3.63, 3.8) is 0 Å². The molecule has 3 N–H and O–H groups in total. The molecule has 2 fully saturated rings. The molecule has 0 unspecified atom stereocenters. The molecule has 0 radical (unpaired) electrons. The number of halogens is 2. The number of hydrogen-bond donors (Lipinski definition) is 2. The summed E-state index contributed by atoms with van der Waals surface area (Å²) in [7, 11) is 3.18. The van der Waals surface area contributed by atoms with Gasteiger partial charge in [-0.2, -0.15) is 8.78 Å². The van der Waals surface area contributed by atoms with Crippen LogP contribution in [0.1, 0.15) is 45.7 Å². The summed E-state index contributed by atoms with van der Waals surface area (Å²) in [5.74, 6) is -0.744. The number of nitrogens with one attached hydrogen (secondary N) is 1. The van der Waals surface area contributed by atoms with Crippen LogP contribution in [0.15, 0.2) is 97.1 Å². The number of methoxy groups -OCH3 is 2. The monoisotopic (exact) mass is 898 g/mol. The van der Waals surface area contributed by atoms with Crippen LogP contribution < -0.4 is 30.3 Å². The topological polar surface area (TPSA) is 161 Å². The maximum Gasteiger partial charge on any atom is 0.324 e. The van der Waals surface area contributed by atoms with E-state index in [-0.39, 0.29) is 36.5 Å². The molecule has 4 aromatic carbocycles. The molecule has 5 amide bonds. The highest BCUT2D eigenvalue weighted by molar-refractivity contribution is 6.00. The Balaban J connectivity index is 0.000000247. The van der Waals surface area contributed by atoms with Crippen LogP contribution in [0.3, 0.4) is 0 Å². The lowest BCUT2D eigenvalue weighted by atomic mass is 10.1. The third-order valence-corrected chi connectivity index (χ3v) is 11.4. The highest BCUT2D eigenvalue weighted by Gasteiger charge is 2.28. The van der Waals surface area contributed by atoms with E-state index >= 15 is 0 Å². The average Bonchev–Trinajstić information content (AvgIpc) is 3.36. The van der Waals surface area contributed by atoms with E-state index in [4.69, 9.17) is 15.2 Å². The number of ether oxygens (including phenoxy) is 2. The zero-order chi connectivity index (χ0) is 46.9. The van der Waals surface area contributed by atoms with Gasteiger partial charge in [-0.3, -0.25) is 24.2 Å². The molecule has 2 aliphatic heterocycles. The lowest BCUT2D eigenvalue weighted by Crippen LogP contribution is -2.52. The minimum absolute atomic E-state index is 0.0164. The zero-order valence-corrected chi connectivity index (χ0v) is 37.6. The summed E-state index contributed by atoms with van der Waals surface area (Å²) in [6, 6.07) is 28.4. The predicted molar refractivity (Wildman–Crippen MR) is 246 cm³/mol. The van der Waals surface area contributed by atoms with Crippen molar-refractivity contribution >= 4 is 40.9 Å². The van der Waals surface area contributed by atoms with Crippen molar-refractivity contribution in [3.8, 4) is 11.5 Å². The van der Waals surface area contributed by atoms with E-state index in [2.05, 4.69) is 23.6 Å². The average molecular weight is 899 g/mol. The number of Topliss-reactive ketones (excluding diaryl/α,β-unsaturated/α-hetero) is 2. The van der Waals surface area contributed by atoms with Crippen LogP contribution in [0.5, 0.6) is 11.5 Å². The zero-order valence-electron chi connectivity index (χ0n) is 37.6. The van der Waals surface area contributed by atoms with Crippen LogP contribution >= 0.6 is 0 Å². The van der Waals surface area contributed by atoms with Gasteiger partial charge in [-0.1, -0.05) is 74.5 Å². The number of amides is 5. The first-order valence-electron chi connectivity index (χ1n) is 21.7. The summed E-state index contributed by atoms with van der Waals surface area (Å²) >= 11 is 0. The van der Waals surface area contributed by atoms with Crippen molar-refractivity contribution in [2.45, 2.75) is 33.4 Å². The maximum absolute atomic E-state index is 13.5. The molecule has 2 aliphatic rings. The molecule has 2 saturated heterocycles. The molecule has 0 aliphatic carbocycles. The number of rotatable bonds is 16. The first kappa shape index (κ1) is 49.6. The second kappa shape index (κ2) is 24.6. The maximum atomic E-state index is 13.5. The largest absolute Gasteiger partial charge is 0.497 e. The van der Waals surface area contributed by atoms with Gasteiger partial charge in [0, 0.05) is 87.0 Å². The minimum Gasteiger partial charge on any atom is -0.497 e. The molecule has 0 atom stereocenters. The molecule has 0 spiro atoms. The summed E-state index contributed by atoms with van der Waals surface area (Å²) in [4.78, 5) is 73.8. The van der Waals surface area contributed by atoms with Gasteiger partial charge < -0.3 is 40.1 Å². The first-order chi connectivity index (χ1) is 31.4. The quantitative estimate of drug-likeness (QED) is 0.135. The molecule has 65 heavy (non-hydrogen) atoms. The number of hydrogen-bond acceptors (Lipinski definition) is 10. The van der Waals surface area contributed by atoms with Crippen molar-refractivity contribution in [1.29, 1.82) is 0 Å². The Morgan fingerprint density at radius 3 is 1.37 bits per heavy atom. The molecule has 6 rings (SSSR count). The number of alkyl halides is 2. The number of likely N-dealkylation sites (N-methyl/N-ethyl adjacent to an activating group) is 2. The number of ketones is 2. The van der Waals surface area contributed by atoms with E-state index in [0.717, 1.165) is 56.1 Å². The van der Waals surface area contributed by atoms with Gasteiger partial charge in [0.2, 0.25) is 0 Å². The Kier molecular flexibility index (Phi) is 18.8. The molecule has 0 saturated carbocycles. The molecule has 348 valence electrons. The summed E-state index contributed by atoms with van der Waals surface area (Å²) in [6.45, 7) is 12.4. The van der Waals surface area contributed by atoms with Gasteiger partial charge in [0.25, 0.3) is 5.91 Å². The predicted octanol–water partition coefficient (Wildman–Crippen LogP) is 5.62. The number of anilines is 2. The highest BCUT2D eigenvalue weighted by atomic mass is 19.3. The van der Waals surface area contributed by atoms with Crippen LogP contribution in [0.4, 0.5) is 29.7 Å². The summed E-state index contributed by atoms with van der Waals surface area (Å²) < 4.78 is 35.3. The van der Waals surface area contributed by atoms with Gasteiger partial charge in [0.05, 0.1) is 40.4 Å². The highest BCUT2D eigenvalue weighted by Crippen LogP contribution is 2.27. The fraction of sp³-hybridized carbons (Fsp3) is 0.396. The van der Waals surface area contributed by atoms with Gasteiger partial charge in [-0.05, 0) is 48.5 Å². The van der Waals surface area contributed by atoms with E-state index in [1.54, 1.807) is 72.6 Å².